The maximum Gasteiger partial charge on any atom is 0.318 e. The predicted octanol–water partition coefficient (Wildman–Crippen LogP) is 7.93. The van der Waals surface area contributed by atoms with Crippen molar-refractivity contribution in [2.75, 3.05) is 20.3 Å². The number of carbonyl (C=O) groups is 2. The lowest BCUT2D eigenvalue weighted by molar-refractivity contribution is -0.394. The molecule has 0 radical (unpaired) electrons. The van der Waals surface area contributed by atoms with Crippen LogP contribution in [0.5, 0.6) is 11.5 Å². The molecule has 45 heavy (non-hydrogen) atoms. The Bertz CT molecular complexity index is 1630. The number of carbonyl (C=O) groups excluding carboxylic acids is 2. The summed E-state index contributed by atoms with van der Waals surface area (Å²) in [4.78, 5) is 51.3. The van der Waals surface area contributed by atoms with E-state index >= 15 is 0 Å². The van der Waals surface area contributed by atoms with Crippen LogP contribution >= 0.6 is 23.2 Å². The molecule has 0 atom stereocenters. The predicted molar refractivity (Wildman–Crippen MR) is 168 cm³/mol. The standard InChI is InChI=1S/C32H33Cl2N3O8/c1-31(2)13-22-28(24(38)15-31)27(29-23(35(22)8-9-44-5)14-32(3,4)16-25(29)39)17-10-19(33)30(20(34)11-17)45-26-7-6-18(36(40)41)12-21(26)37(42)43/h6-7,10-12,27H,8-9,13-16H2,1-5H3. The molecular formula is C32H33Cl2N3O8. The third kappa shape index (κ3) is 6.21. The first-order chi connectivity index (χ1) is 21.0. The van der Waals surface area contributed by atoms with Crippen LogP contribution in [-0.2, 0) is 14.3 Å². The fraction of sp³-hybridized carbons (Fsp3) is 0.438. The zero-order valence-electron chi connectivity index (χ0n) is 25.6. The SMILES string of the molecule is COCCN1C2=C(C(=O)CC(C)(C)C2)C(c2cc(Cl)c(Oc3ccc([N+](=O)[O-])cc3[N+](=O)[O-])c(Cl)c2)C2=C1CC(C)(C)CC2=O. The fourth-order valence-corrected chi connectivity index (χ4v) is 7.22. The lowest BCUT2D eigenvalue weighted by Crippen LogP contribution is -2.45. The molecule has 2 aromatic carbocycles. The molecule has 1 heterocycles. The number of halogens is 2. The Labute approximate surface area is 270 Å². The average molecular weight is 659 g/mol. The molecule has 0 saturated heterocycles. The molecule has 2 aliphatic carbocycles. The molecule has 0 spiro atoms. The second-order valence-corrected chi connectivity index (χ2v) is 14.1. The second-order valence-electron chi connectivity index (χ2n) is 13.3. The van der Waals surface area contributed by atoms with Gasteiger partial charge in [-0.15, -0.1) is 0 Å². The Balaban J connectivity index is 1.67. The van der Waals surface area contributed by atoms with Gasteiger partial charge in [0.15, 0.2) is 17.3 Å². The molecule has 0 saturated carbocycles. The normalized spacial score (nSPS) is 19.4. The molecular weight excluding hydrogens is 625 g/mol. The number of rotatable bonds is 8. The van der Waals surface area contributed by atoms with Crippen LogP contribution in [0.3, 0.4) is 0 Å². The van der Waals surface area contributed by atoms with Crippen molar-refractivity contribution in [2.24, 2.45) is 10.8 Å². The van der Waals surface area contributed by atoms with Gasteiger partial charge in [0.05, 0.1) is 32.6 Å². The topological polar surface area (TPSA) is 142 Å². The minimum Gasteiger partial charge on any atom is -0.447 e. The van der Waals surface area contributed by atoms with E-state index in [0.717, 1.165) is 29.6 Å². The summed E-state index contributed by atoms with van der Waals surface area (Å²) < 4.78 is 11.2. The first kappa shape index (κ1) is 32.6. The van der Waals surface area contributed by atoms with Crippen molar-refractivity contribution in [2.45, 2.75) is 59.3 Å². The van der Waals surface area contributed by atoms with Gasteiger partial charge < -0.3 is 14.4 Å². The quantitative estimate of drug-likeness (QED) is 0.204. The van der Waals surface area contributed by atoms with Crippen LogP contribution in [0.2, 0.25) is 10.0 Å². The van der Waals surface area contributed by atoms with Crippen LogP contribution in [0.15, 0.2) is 52.9 Å². The number of allylic oxidation sites excluding steroid dienone is 4. The monoisotopic (exact) mass is 657 g/mol. The van der Waals surface area contributed by atoms with Crippen LogP contribution in [0, 0.1) is 31.1 Å². The number of ketones is 2. The van der Waals surface area contributed by atoms with Crippen molar-refractivity contribution in [1.29, 1.82) is 0 Å². The van der Waals surface area contributed by atoms with Crippen molar-refractivity contribution < 1.29 is 28.9 Å². The molecule has 2 aromatic rings. The van der Waals surface area contributed by atoms with Crippen molar-refractivity contribution in [3.63, 3.8) is 0 Å². The summed E-state index contributed by atoms with van der Waals surface area (Å²) in [5.74, 6) is -1.25. The summed E-state index contributed by atoms with van der Waals surface area (Å²) in [6, 6.07) is 6.09. The molecule has 238 valence electrons. The zero-order chi connectivity index (χ0) is 33.0. The van der Waals surface area contributed by atoms with Crippen molar-refractivity contribution in [3.8, 4) is 11.5 Å². The van der Waals surface area contributed by atoms with E-state index < -0.39 is 27.1 Å². The number of Topliss-reactive ketones (excluding diaryl/α,β-unsaturated/α-hetero) is 2. The number of benzene rings is 2. The third-order valence-electron chi connectivity index (χ3n) is 8.46. The first-order valence-corrected chi connectivity index (χ1v) is 15.2. The molecule has 0 aromatic heterocycles. The van der Waals surface area contributed by atoms with Crippen LogP contribution in [0.25, 0.3) is 0 Å². The lowest BCUT2D eigenvalue weighted by atomic mass is 9.63. The van der Waals surface area contributed by atoms with E-state index in [-0.39, 0.29) is 43.9 Å². The average Bonchev–Trinajstić information content (AvgIpc) is 2.92. The van der Waals surface area contributed by atoms with Crippen molar-refractivity contribution in [3.05, 3.63) is 88.7 Å². The van der Waals surface area contributed by atoms with E-state index in [4.69, 9.17) is 32.7 Å². The number of nitrogens with zero attached hydrogens (tertiary/aromatic N) is 3. The van der Waals surface area contributed by atoms with E-state index in [0.29, 0.717) is 55.5 Å². The summed E-state index contributed by atoms with van der Waals surface area (Å²) in [5.41, 5.74) is 1.57. The maximum atomic E-state index is 14.0. The van der Waals surface area contributed by atoms with Crippen LogP contribution in [0.4, 0.5) is 11.4 Å². The highest BCUT2D eigenvalue weighted by Crippen LogP contribution is 2.55. The van der Waals surface area contributed by atoms with Gasteiger partial charge in [-0.25, -0.2) is 0 Å². The van der Waals surface area contributed by atoms with Gasteiger partial charge in [0.25, 0.3) is 5.69 Å². The Kier molecular flexibility index (Phi) is 8.58. The van der Waals surface area contributed by atoms with E-state index in [2.05, 4.69) is 32.6 Å². The maximum absolute atomic E-state index is 14.0. The summed E-state index contributed by atoms with van der Waals surface area (Å²) in [6.07, 6.45) is 1.84. The van der Waals surface area contributed by atoms with Crippen LogP contribution in [0.1, 0.15) is 64.9 Å². The number of nitro groups is 2. The Morgan fingerprint density at radius 1 is 0.867 bits per heavy atom. The highest BCUT2D eigenvalue weighted by atomic mass is 35.5. The minimum atomic E-state index is -0.801. The number of non-ortho nitro benzene ring substituents is 1. The lowest BCUT2D eigenvalue weighted by Gasteiger charge is -2.49. The van der Waals surface area contributed by atoms with E-state index in [9.17, 15) is 29.8 Å². The summed E-state index contributed by atoms with van der Waals surface area (Å²) >= 11 is 13.4. The van der Waals surface area contributed by atoms with Crippen LogP contribution < -0.4 is 4.74 Å². The molecule has 3 aliphatic rings. The van der Waals surface area contributed by atoms with Gasteiger partial charge in [0.1, 0.15) is 0 Å². The molecule has 11 nitrogen and oxygen atoms in total. The molecule has 5 rings (SSSR count). The van der Waals surface area contributed by atoms with Gasteiger partial charge >= 0.3 is 5.69 Å². The van der Waals surface area contributed by atoms with E-state index in [1.54, 1.807) is 19.2 Å². The highest BCUT2D eigenvalue weighted by Gasteiger charge is 2.49. The second kappa shape index (κ2) is 11.9. The largest absolute Gasteiger partial charge is 0.447 e. The highest BCUT2D eigenvalue weighted by molar-refractivity contribution is 6.37. The molecule has 0 unspecified atom stereocenters. The van der Waals surface area contributed by atoms with Gasteiger partial charge in [-0.05, 0) is 47.4 Å². The zero-order valence-corrected chi connectivity index (χ0v) is 27.1. The number of hydrogen-bond acceptors (Lipinski definition) is 9. The minimum absolute atomic E-state index is 0.0107. The number of nitro benzene ring substituents is 2. The summed E-state index contributed by atoms with van der Waals surface area (Å²) in [5, 5.41) is 22.8. The fourth-order valence-electron chi connectivity index (χ4n) is 6.64. The number of methoxy groups -OCH3 is 1. The Morgan fingerprint density at radius 3 is 1.87 bits per heavy atom. The van der Waals surface area contributed by atoms with E-state index in [1.165, 1.54) is 0 Å². The molecule has 0 bridgehead atoms. The van der Waals surface area contributed by atoms with Gasteiger partial charge in [0.2, 0.25) is 5.75 Å². The van der Waals surface area contributed by atoms with Crippen LogP contribution in [-0.4, -0.2) is 46.6 Å². The first-order valence-electron chi connectivity index (χ1n) is 14.4. The number of hydrogen-bond donors (Lipinski definition) is 0. The molecule has 0 amide bonds. The molecule has 0 N–H and O–H groups in total. The van der Waals surface area contributed by atoms with Crippen molar-refractivity contribution in [1.82, 2.24) is 4.90 Å². The van der Waals surface area contributed by atoms with E-state index in [1.807, 2.05) is 0 Å². The third-order valence-corrected chi connectivity index (χ3v) is 9.02. The Morgan fingerprint density at radius 2 is 1.40 bits per heavy atom. The Hall–Kier alpha value is -3.80. The smallest absolute Gasteiger partial charge is 0.318 e. The van der Waals surface area contributed by atoms with Gasteiger partial charge in [-0.3, -0.25) is 29.8 Å². The number of ether oxygens (including phenoxy) is 2. The van der Waals surface area contributed by atoms with Gasteiger partial charge in [-0.1, -0.05) is 50.9 Å². The van der Waals surface area contributed by atoms with Gasteiger partial charge in [-0.2, -0.15) is 0 Å². The molecule has 13 heteroatoms. The molecule has 0 fully saturated rings. The summed E-state index contributed by atoms with van der Waals surface area (Å²) in [7, 11) is 1.61. The molecule has 1 aliphatic heterocycles. The van der Waals surface area contributed by atoms with Gasteiger partial charge in [0, 0.05) is 61.0 Å². The summed E-state index contributed by atoms with van der Waals surface area (Å²) in [6.45, 7) is 9.09. The van der Waals surface area contributed by atoms with Crippen molar-refractivity contribution >= 4 is 46.1 Å².